The van der Waals surface area contributed by atoms with Crippen molar-refractivity contribution >= 4 is 17.7 Å². The summed E-state index contributed by atoms with van der Waals surface area (Å²) in [5, 5.41) is 7.35. The molecule has 1 heterocycles. The molecular weight excluding hydrogens is 238 g/mol. The molecule has 0 spiro atoms. The van der Waals surface area contributed by atoms with Gasteiger partial charge in [-0.15, -0.1) is 5.10 Å². The minimum absolute atomic E-state index is 0.0706. The summed E-state index contributed by atoms with van der Waals surface area (Å²) in [5.74, 6) is 0.583. The van der Waals surface area contributed by atoms with Crippen LogP contribution in [0.2, 0.25) is 0 Å². The Morgan fingerprint density at radius 2 is 2.18 bits per heavy atom. The zero-order valence-electron chi connectivity index (χ0n) is 10.9. The minimum Gasteiger partial charge on any atom is -0.468 e. The molecule has 0 fully saturated rings. The van der Waals surface area contributed by atoms with Gasteiger partial charge in [0, 0.05) is 5.41 Å². The van der Waals surface area contributed by atoms with E-state index < -0.39 is 0 Å². The number of nitrogens with one attached hydrogen (secondary N) is 1. The van der Waals surface area contributed by atoms with Crippen LogP contribution in [-0.4, -0.2) is 33.5 Å². The predicted octanol–water partition coefficient (Wildman–Crippen LogP) is 2.15. The van der Waals surface area contributed by atoms with Crippen molar-refractivity contribution in [3.05, 3.63) is 5.82 Å². The summed E-state index contributed by atoms with van der Waals surface area (Å²) in [6, 6.07) is 0. The fourth-order valence-corrected chi connectivity index (χ4v) is 2.05. The molecule has 0 bridgehead atoms. The molecule has 1 atom stereocenters. The third-order valence-corrected chi connectivity index (χ3v) is 3.46. The second-order valence-electron chi connectivity index (χ2n) is 4.75. The van der Waals surface area contributed by atoms with Crippen molar-refractivity contribution in [2.75, 3.05) is 7.11 Å². The lowest BCUT2D eigenvalue weighted by atomic mass is 9.96. The Morgan fingerprint density at radius 1 is 1.53 bits per heavy atom. The average molecular weight is 257 g/mol. The molecule has 0 unspecified atom stereocenters. The Kier molecular flexibility index (Phi) is 4.56. The van der Waals surface area contributed by atoms with Gasteiger partial charge in [0.2, 0.25) is 5.16 Å². The van der Waals surface area contributed by atoms with Gasteiger partial charge in [0.05, 0.1) is 7.11 Å². The number of aromatic amines is 1. The van der Waals surface area contributed by atoms with Crippen LogP contribution in [0.4, 0.5) is 0 Å². The summed E-state index contributed by atoms with van der Waals surface area (Å²) in [5.41, 5.74) is -0.0706. The second kappa shape index (κ2) is 5.53. The quantitative estimate of drug-likeness (QED) is 0.661. The summed E-state index contributed by atoms with van der Waals surface area (Å²) in [4.78, 5) is 15.8. The first kappa shape index (κ1) is 14.0. The van der Waals surface area contributed by atoms with Gasteiger partial charge in [-0.2, -0.15) is 0 Å². The first-order valence-corrected chi connectivity index (χ1v) is 6.43. The SMILES string of the molecule is CC[C@@H](Sc1n[nH]c(C(C)(C)C)n1)C(=O)OC. The number of thioether (sulfide) groups is 1. The number of hydrogen-bond acceptors (Lipinski definition) is 5. The summed E-state index contributed by atoms with van der Waals surface area (Å²) in [6.07, 6.45) is 0.691. The van der Waals surface area contributed by atoms with Crippen LogP contribution in [0, 0.1) is 0 Å². The van der Waals surface area contributed by atoms with Gasteiger partial charge in [0.15, 0.2) is 0 Å². The Morgan fingerprint density at radius 3 is 2.59 bits per heavy atom. The zero-order chi connectivity index (χ0) is 13.1. The fraction of sp³-hybridized carbons (Fsp3) is 0.727. The van der Waals surface area contributed by atoms with Crippen molar-refractivity contribution in [3.8, 4) is 0 Å². The van der Waals surface area contributed by atoms with Crippen LogP contribution in [0.1, 0.15) is 39.9 Å². The Labute approximate surface area is 106 Å². The van der Waals surface area contributed by atoms with Gasteiger partial charge in [-0.3, -0.25) is 9.89 Å². The van der Waals surface area contributed by atoms with Crippen molar-refractivity contribution in [1.29, 1.82) is 0 Å². The van der Waals surface area contributed by atoms with E-state index in [0.29, 0.717) is 11.6 Å². The molecule has 0 saturated carbocycles. The Balaban J connectivity index is 2.75. The highest BCUT2D eigenvalue weighted by Gasteiger charge is 2.23. The molecule has 5 nitrogen and oxygen atoms in total. The number of esters is 1. The molecule has 0 saturated heterocycles. The first-order valence-electron chi connectivity index (χ1n) is 5.55. The van der Waals surface area contributed by atoms with Gasteiger partial charge >= 0.3 is 5.97 Å². The summed E-state index contributed by atoms with van der Waals surface area (Å²) in [6.45, 7) is 8.10. The minimum atomic E-state index is -0.247. The first-order chi connectivity index (χ1) is 7.88. The molecule has 0 aliphatic carbocycles. The number of carbonyl (C=O) groups is 1. The van der Waals surface area contributed by atoms with Crippen molar-refractivity contribution in [3.63, 3.8) is 0 Å². The van der Waals surface area contributed by atoms with Crippen LogP contribution < -0.4 is 0 Å². The van der Waals surface area contributed by atoms with Crippen LogP contribution in [0.15, 0.2) is 5.16 Å². The molecule has 1 aromatic heterocycles. The number of H-pyrrole nitrogens is 1. The average Bonchev–Trinajstić information content (AvgIpc) is 2.73. The molecule has 6 heteroatoms. The van der Waals surface area contributed by atoms with Gasteiger partial charge < -0.3 is 4.74 Å². The highest BCUT2D eigenvalue weighted by Crippen LogP contribution is 2.25. The molecule has 0 aliphatic heterocycles. The maximum Gasteiger partial charge on any atom is 0.319 e. The van der Waals surface area contributed by atoms with E-state index in [4.69, 9.17) is 4.74 Å². The largest absolute Gasteiger partial charge is 0.468 e. The van der Waals surface area contributed by atoms with Gasteiger partial charge in [-0.05, 0) is 6.42 Å². The fourth-order valence-electron chi connectivity index (χ4n) is 1.19. The maximum atomic E-state index is 11.4. The number of aromatic nitrogens is 3. The normalized spacial score (nSPS) is 13.5. The van der Waals surface area contributed by atoms with Gasteiger partial charge in [-0.25, -0.2) is 4.98 Å². The summed E-state index contributed by atoms with van der Waals surface area (Å²) in [7, 11) is 1.39. The van der Waals surface area contributed by atoms with E-state index in [1.807, 2.05) is 6.92 Å². The number of methoxy groups -OCH3 is 1. The third-order valence-electron chi connectivity index (χ3n) is 2.26. The number of carbonyl (C=O) groups excluding carboxylic acids is 1. The molecule has 0 aromatic carbocycles. The van der Waals surface area contributed by atoms with Crippen molar-refractivity contribution in [1.82, 2.24) is 15.2 Å². The molecular formula is C11H19N3O2S. The molecule has 17 heavy (non-hydrogen) atoms. The Bertz CT molecular complexity index is 384. The molecule has 1 N–H and O–H groups in total. The lowest BCUT2D eigenvalue weighted by Gasteiger charge is -2.13. The van der Waals surface area contributed by atoms with Crippen LogP contribution in [0.3, 0.4) is 0 Å². The van der Waals surface area contributed by atoms with Crippen LogP contribution in [0.5, 0.6) is 0 Å². The van der Waals surface area contributed by atoms with Crippen molar-refractivity contribution < 1.29 is 9.53 Å². The summed E-state index contributed by atoms with van der Waals surface area (Å²) >= 11 is 1.33. The van der Waals surface area contributed by atoms with Crippen LogP contribution >= 0.6 is 11.8 Å². The van der Waals surface area contributed by atoms with E-state index in [2.05, 4.69) is 36.0 Å². The Hall–Kier alpha value is -1.04. The van der Waals surface area contributed by atoms with Crippen molar-refractivity contribution in [2.45, 2.75) is 49.9 Å². The summed E-state index contributed by atoms with van der Waals surface area (Å²) < 4.78 is 4.72. The topological polar surface area (TPSA) is 67.9 Å². The molecule has 1 rings (SSSR count). The van der Waals surface area contributed by atoms with Crippen molar-refractivity contribution in [2.24, 2.45) is 0 Å². The monoisotopic (exact) mass is 257 g/mol. The van der Waals surface area contributed by atoms with Gasteiger partial charge in [0.1, 0.15) is 11.1 Å². The third kappa shape index (κ3) is 3.73. The van der Waals surface area contributed by atoms with E-state index in [1.165, 1.54) is 18.9 Å². The lowest BCUT2D eigenvalue weighted by Crippen LogP contribution is -2.18. The molecule has 0 radical (unpaired) electrons. The highest BCUT2D eigenvalue weighted by molar-refractivity contribution is 8.00. The lowest BCUT2D eigenvalue weighted by molar-refractivity contribution is -0.140. The molecule has 1 aromatic rings. The van der Waals surface area contributed by atoms with E-state index >= 15 is 0 Å². The van der Waals surface area contributed by atoms with E-state index in [1.54, 1.807) is 0 Å². The standard InChI is InChI=1S/C11H19N3O2S/c1-6-7(8(15)16-5)17-10-12-9(13-14-10)11(2,3)4/h7H,6H2,1-5H3,(H,12,13,14)/t7-/m1/s1. The molecule has 0 amide bonds. The highest BCUT2D eigenvalue weighted by atomic mass is 32.2. The maximum absolute atomic E-state index is 11.4. The van der Waals surface area contributed by atoms with E-state index in [-0.39, 0.29) is 16.6 Å². The van der Waals surface area contributed by atoms with Crippen LogP contribution in [0.25, 0.3) is 0 Å². The number of rotatable bonds is 4. The predicted molar refractivity (Wildman–Crippen MR) is 67.0 cm³/mol. The smallest absolute Gasteiger partial charge is 0.319 e. The number of hydrogen-bond donors (Lipinski definition) is 1. The van der Waals surface area contributed by atoms with Crippen LogP contribution in [-0.2, 0) is 14.9 Å². The van der Waals surface area contributed by atoms with E-state index in [9.17, 15) is 4.79 Å². The van der Waals surface area contributed by atoms with E-state index in [0.717, 1.165) is 5.82 Å². The van der Waals surface area contributed by atoms with Gasteiger partial charge in [0.25, 0.3) is 0 Å². The van der Waals surface area contributed by atoms with Gasteiger partial charge in [-0.1, -0.05) is 39.5 Å². The zero-order valence-corrected chi connectivity index (χ0v) is 11.7. The molecule has 96 valence electrons. The molecule has 0 aliphatic rings. The number of nitrogens with zero attached hydrogens (tertiary/aromatic N) is 2. The number of ether oxygens (including phenoxy) is 1. The second-order valence-corrected chi connectivity index (χ2v) is 5.92.